The van der Waals surface area contributed by atoms with E-state index in [0.29, 0.717) is 19.4 Å². The summed E-state index contributed by atoms with van der Waals surface area (Å²) in [6.07, 6.45) is -4.42. The number of fused-ring (bicyclic) bond motifs is 1. The fourth-order valence-electron chi connectivity index (χ4n) is 4.49. The van der Waals surface area contributed by atoms with Crippen molar-refractivity contribution in [2.24, 2.45) is 0 Å². The molecular weight excluding hydrogens is 531 g/mol. The Hall–Kier alpha value is -3.02. The van der Waals surface area contributed by atoms with E-state index in [1.807, 2.05) is 0 Å². The number of methoxy groups -OCH3 is 1. The van der Waals surface area contributed by atoms with Gasteiger partial charge in [-0.05, 0) is 80.4 Å². The number of carbonyl (C=O) groups is 3. The first-order valence-electron chi connectivity index (χ1n) is 13.3. The van der Waals surface area contributed by atoms with Gasteiger partial charge in [0.15, 0.2) is 5.60 Å². The smallest absolute Gasteiger partial charge is 0.417 e. The molecule has 1 aromatic rings. The number of carbonyl (C=O) groups excluding carboxylic acids is 3. The summed E-state index contributed by atoms with van der Waals surface area (Å²) >= 11 is 0. The normalized spacial score (nSPS) is 15.8. The average molecular weight is 574 g/mol. The molecule has 9 nitrogen and oxygen atoms in total. The number of nitrogens with one attached hydrogen (secondary N) is 1. The highest BCUT2D eigenvalue weighted by Gasteiger charge is 2.45. The zero-order chi connectivity index (χ0) is 30.6. The maximum absolute atomic E-state index is 14.3. The Kier molecular flexibility index (Phi) is 10.5. The van der Waals surface area contributed by atoms with Crippen molar-refractivity contribution in [1.82, 2.24) is 10.2 Å². The van der Waals surface area contributed by atoms with Gasteiger partial charge in [-0.2, -0.15) is 13.2 Å². The third-order valence-electron chi connectivity index (χ3n) is 6.24. The van der Waals surface area contributed by atoms with Gasteiger partial charge in [-0.25, -0.2) is 4.79 Å². The molecule has 12 heteroatoms. The predicted molar refractivity (Wildman–Crippen MR) is 145 cm³/mol. The summed E-state index contributed by atoms with van der Waals surface area (Å²) in [5.74, 6) is -1.44. The highest BCUT2D eigenvalue weighted by atomic mass is 19.4. The Labute approximate surface area is 234 Å². The Bertz CT molecular complexity index is 1080. The molecule has 1 atom stereocenters. The molecule has 40 heavy (non-hydrogen) atoms. The Balaban J connectivity index is 2.52. The van der Waals surface area contributed by atoms with Crippen LogP contribution in [0.1, 0.15) is 84.2 Å². The van der Waals surface area contributed by atoms with Crippen LogP contribution in [0.15, 0.2) is 12.1 Å². The van der Waals surface area contributed by atoms with Gasteiger partial charge in [0.05, 0.1) is 16.8 Å². The van der Waals surface area contributed by atoms with E-state index in [-0.39, 0.29) is 24.5 Å². The van der Waals surface area contributed by atoms with E-state index in [4.69, 9.17) is 14.2 Å². The summed E-state index contributed by atoms with van der Waals surface area (Å²) in [7, 11) is 1.55. The number of amides is 3. The van der Waals surface area contributed by atoms with E-state index in [1.54, 1.807) is 48.7 Å². The molecule has 1 aliphatic heterocycles. The average Bonchev–Trinajstić information content (AvgIpc) is 2.80. The summed E-state index contributed by atoms with van der Waals surface area (Å²) in [6, 6.07) is 0.690. The molecule has 0 bridgehead atoms. The number of ether oxygens (including phenoxy) is 3. The van der Waals surface area contributed by atoms with Crippen molar-refractivity contribution in [3.63, 3.8) is 0 Å². The van der Waals surface area contributed by atoms with E-state index >= 15 is 0 Å². The van der Waals surface area contributed by atoms with Crippen molar-refractivity contribution < 1.29 is 41.8 Å². The molecule has 0 radical (unpaired) electrons. The predicted octanol–water partition coefficient (Wildman–Crippen LogP) is 5.40. The van der Waals surface area contributed by atoms with Gasteiger partial charge in [0, 0.05) is 38.9 Å². The van der Waals surface area contributed by atoms with E-state index < -0.39 is 58.5 Å². The maximum atomic E-state index is 14.3. The minimum Gasteiger partial charge on any atom is -0.476 e. The van der Waals surface area contributed by atoms with Crippen LogP contribution in [0.5, 0.6) is 5.75 Å². The number of alkyl halides is 3. The largest absolute Gasteiger partial charge is 0.476 e. The van der Waals surface area contributed by atoms with Gasteiger partial charge >= 0.3 is 12.3 Å². The van der Waals surface area contributed by atoms with Gasteiger partial charge < -0.3 is 29.3 Å². The van der Waals surface area contributed by atoms with Crippen molar-refractivity contribution >= 4 is 23.6 Å². The zero-order valence-electron chi connectivity index (χ0n) is 24.8. The number of halogens is 3. The van der Waals surface area contributed by atoms with Crippen molar-refractivity contribution in [1.29, 1.82) is 0 Å². The van der Waals surface area contributed by atoms with Crippen LogP contribution in [0.3, 0.4) is 0 Å². The van der Waals surface area contributed by atoms with E-state index in [0.717, 1.165) is 12.1 Å². The number of nitrogens with zero attached hydrogens (tertiary/aromatic N) is 2. The molecule has 1 aromatic carbocycles. The topological polar surface area (TPSA) is 97.4 Å². The first kappa shape index (κ1) is 33.2. The molecule has 1 heterocycles. The third-order valence-corrected chi connectivity index (χ3v) is 6.24. The summed E-state index contributed by atoms with van der Waals surface area (Å²) in [4.78, 5) is 41.8. The maximum Gasteiger partial charge on any atom is 0.417 e. The molecule has 226 valence electrons. The van der Waals surface area contributed by atoms with Gasteiger partial charge in [-0.1, -0.05) is 0 Å². The zero-order valence-corrected chi connectivity index (χ0v) is 24.8. The van der Waals surface area contributed by atoms with Crippen LogP contribution in [0.4, 0.5) is 23.7 Å². The lowest BCUT2D eigenvalue weighted by Crippen LogP contribution is -2.53. The number of rotatable bonds is 10. The summed E-state index contributed by atoms with van der Waals surface area (Å²) in [5, 5.41) is 2.57. The molecule has 0 saturated carbocycles. The summed E-state index contributed by atoms with van der Waals surface area (Å²) in [5.41, 5.74) is -3.81. The quantitative estimate of drug-likeness (QED) is 0.377. The molecule has 1 aliphatic rings. The van der Waals surface area contributed by atoms with Crippen LogP contribution in [-0.2, 0) is 20.4 Å². The van der Waals surface area contributed by atoms with Crippen molar-refractivity contribution in [2.75, 3.05) is 31.7 Å². The second kappa shape index (κ2) is 12.7. The van der Waals surface area contributed by atoms with Crippen LogP contribution >= 0.6 is 0 Å². The van der Waals surface area contributed by atoms with Gasteiger partial charge in [0.25, 0.3) is 11.8 Å². The van der Waals surface area contributed by atoms with E-state index in [1.165, 1.54) is 23.6 Å². The lowest BCUT2D eigenvalue weighted by Gasteiger charge is -2.40. The van der Waals surface area contributed by atoms with Gasteiger partial charge in [-0.15, -0.1) is 0 Å². The fraction of sp³-hybridized carbons (Fsp3) is 0.679. The van der Waals surface area contributed by atoms with Crippen LogP contribution in [-0.4, -0.2) is 72.9 Å². The molecular formula is C28H42F3N3O6. The Morgan fingerprint density at radius 1 is 1.12 bits per heavy atom. The number of hydrogen-bond donors (Lipinski definition) is 1. The van der Waals surface area contributed by atoms with Gasteiger partial charge in [0.2, 0.25) is 0 Å². The highest BCUT2D eigenvalue weighted by Crippen LogP contribution is 2.44. The lowest BCUT2D eigenvalue weighted by atomic mass is 9.97. The minimum atomic E-state index is -4.88. The van der Waals surface area contributed by atoms with Gasteiger partial charge in [0.1, 0.15) is 11.4 Å². The molecule has 0 fully saturated rings. The van der Waals surface area contributed by atoms with Crippen LogP contribution in [0.2, 0.25) is 0 Å². The first-order chi connectivity index (χ1) is 18.3. The molecule has 0 aromatic heterocycles. The number of anilines is 1. The van der Waals surface area contributed by atoms with Gasteiger partial charge in [-0.3, -0.25) is 9.59 Å². The summed E-state index contributed by atoms with van der Waals surface area (Å²) < 4.78 is 59.0. The standard InChI is InChI=1S/C28H42F3N3O6/c1-17(2)34(18(3)16-32-25(37)40-26(4,5)6)23(35)19-14-21-22(15-20(19)28(29,30)31)39-27(7,8)24(36)33(21)12-10-11-13-38-9/h14-15,17-18H,10-13,16H2,1-9H3,(H,32,37)/t18-/m1/s1. The molecule has 2 rings (SSSR count). The number of benzene rings is 1. The fourth-order valence-corrected chi connectivity index (χ4v) is 4.49. The summed E-state index contributed by atoms with van der Waals surface area (Å²) in [6.45, 7) is 13.7. The minimum absolute atomic E-state index is 0.0491. The highest BCUT2D eigenvalue weighted by molar-refractivity contribution is 6.05. The van der Waals surface area contributed by atoms with E-state index in [2.05, 4.69) is 5.32 Å². The molecule has 0 saturated heterocycles. The Morgan fingerprint density at radius 3 is 2.27 bits per heavy atom. The van der Waals surface area contributed by atoms with Crippen molar-refractivity contribution in [3.05, 3.63) is 23.3 Å². The second-order valence-electron chi connectivity index (χ2n) is 11.7. The molecule has 1 N–H and O–H groups in total. The first-order valence-corrected chi connectivity index (χ1v) is 13.3. The number of hydrogen-bond acceptors (Lipinski definition) is 6. The monoisotopic (exact) mass is 573 g/mol. The van der Waals surface area contributed by atoms with E-state index in [9.17, 15) is 27.6 Å². The van der Waals surface area contributed by atoms with Crippen LogP contribution < -0.4 is 15.0 Å². The lowest BCUT2D eigenvalue weighted by molar-refractivity contribution is -0.138. The SMILES string of the molecule is COCCCCN1C(=O)C(C)(C)Oc2cc(C(F)(F)F)c(C(=O)N(C(C)C)[C@H](C)CNC(=O)OC(C)(C)C)cc21. The molecule has 3 amide bonds. The van der Waals surface area contributed by atoms with Crippen molar-refractivity contribution in [2.45, 2.75) is 97.7 Å². The second-order valence-corrected chi connectivity index (χ2v) is 11.7. The molecule has 0 spiro atoms. The van der Waals surface area contributed by atoms with Crippen molar-refractivity contribution in [3.8, 4) is 5.75 Å². The number of alkyl carbamates (subject to hydrolysis) is 1. The van der Waals surface area contributed by atoms with Crippen LogP contribution in [0, 0.1) is 0 Å². The molecule has 0 aliphatic carbocycles. The number of unbranched alkanes of at least 4 members (excludes halogenated alkanes) is 1. The molecule has 0 unspecified atom stereocenters. The third kappa shape index (κ3) is 8.25. The Morgan fingerprint density at radius 2 is 1.75 bits per heavy atom. The van der Waals surface area contributed by atoms with Crippen LogP contribution in [0.25, 0.3) is 0 Å².